The zero-order valence-corrected chi connectivity index (χ0v) is 12.2. The second kappa shape index (κ2) is 5.15. The Balaban J connectivity index is 2.12. The van der Waals surface area contributed by atoms with E-state index in [1.165, 1.54) is 6.07 Å². The molecule has 0 radical (unpaired) electrons. The molecular weight excluding hydrogens is 343 g/mol. The minimum Gasteiger partial charge on any atom is -0.256 e. The Morgan fingerprint density at radius 2 is 1.71 bits per heavy atom. The van der Waals surface area contributed by atoms with E-state index < -0.39 is 11.7 Å². The van der Waals surface area contributed by atoms with E-state index in [9.17, 15) is 13.2 Å². The molecule has 21 heavy (non-hydrogen) atoms. The Labute approximate surface area is 127 Å². The summed E-state index contributed by atoms with van der Waals surface area (Å²) < 4.78 is 39.2. The number of pyridine rings is 1. The number of aromatic nitrogens is 1. The normalized spacial score (nSPS) is 11.8. The topological polar surface area (TPSA) is 12.9 Å². The first-order valence-corrected chi connectivity index (χ1v) is 6.96. The summed E-state index contributed by atoms with van der Waals surface area (Å²) >= 11 is 3.37. The summed E-state index contributed by atoms with van der Waals surface area (Å²) in [5.74, 6) is 0. The first kappa shape index (κ1) is 14.1. The lowest BCUT2D eigenvalue weighted by Gasteiger charge is -2.09. The number of rotatable bonds is 1. The first-order chi connectivity index (χ1) is 9.93. The molecule has 0 saturated heterocycles. The summed E-state index contributed by atoms with van der Waals surface area (Å²) in [7, 11) is 0. The summed E-state index contributed by atoms with van der Waals surface area (Å²) in [6, 6.07) is 12.7. The predicted molar refractivity (Wildman–Crippen MR) is 79.9 cm³/mol. The molecule has 0 atom stereocenters. The number of nitrogens with zero attached hydrogens (tertiary/aromatic N) is 1. The molecule has 0 aliphatic heterocycles. The van der Waals surface area contributed by atoms with E-state index in [0.29, 0.717) is 11.1 Å². The van der Waals surface area contributed by atoms with Gasteiger partial charge in [0.15, 0.2) is 0 Å². The highest BCUT2D eigenvalue weighted by atomic mass is 79.9. The van der Waals surface area contributed by atoms with E-state index in [0.717, 1.165) is 27.5 Å². The van der Waals surface area contributed by atoms with Crippen LogP contribution in [0.4, 0.5) is 13.2 Å². The summed E-state index contributed by atoms with van der Waals surface area (Å²) in [6.07, 6.45) is -2.75. The molecule has 3 rings (SSSR count). The molecule has 0 saturated carbocycles. The van der Waals surface area contributed by atoms with Crippen molar-refractivity contribution in [2.24, 2.45) is 0 Å². The Morgan fingerprint density at radius 1 is 0.905 bits per heavy atom. The maximum absolute atomic E-state index is 12.8. The number of fused-ring (bicyclic) bond motifs is 1. The third kappa shape index (κ3) is 2.93. The molecule has 3 aromatic rings. The second-order valence-corrected chi connectivity index (χ2v) is 5.56. The Kier molecular flexibility index (Phi) is 3.45. The first-order valence-electron chi connectivity index (χ1n) is 6.16. The van der Waals surface area contributed by atoms with Crippen molar-refractivity contribution < 1.29 is 13.2 Å². The van der Waals surface area contributed by atoms with Crippen LogP contribution in [0.1, 0.15) is 5.56 Å². The molecule has 0 amide bonds. The highest BCUT2D eigenvalue weighted by molar-refractivity contribution is 9.10. The van der Waals surface area contributed by atoms with Gasteiger partial charge in [-0.3, -0.25) is 4.98 Å². The third-order valence-corrected chi connectivity index (χ3v) is 3.66. The van der Waals surface area contributed by atoms with Crippen molar-refractivity contribution >= 4 is 26.8 Å². The van der Waals surface area contributed by atoms with Gasteiger partial charge in [0.05, 0.1) is 11.1 Å². The van der Waals surface area contributed by atoms with Crippen molar-refractivity contribution in [3.8, 4) is 11.1 Å². The molecule has 0 bridgehead atoms. The minimum atomic E-state index is -4.34. The third-order valence-electron chi connectivity index (χ3n) is 3.17. The summed E-state index contributed by atoms with van der Waals surface area (Å²) in [5, 5.41) is 0.874. The molecule has 2 aromatic carbocycles. The molecule has 0 N–H and O–H groups in total. The lowest BCUT2D eigenvalue weighted by Crippen LogP contribution is -2.04. The monoisotopic (exact) mass is 351 g/mol. The highest BCUT2D eigenvalue weighted by Gasteiger charge is 2.30. The van der Waals surface area contributed by atoms with Crippen LogP contribution in [0.15, 0.2) is 59.2 Å². The van der Waals surface area contributed by atoms with E-state index >= 15 is 0 Å². The van der Waals surface area contributed by atoms with Crippen LogP contribution < -0.4 is 0 Å². The molecule has 0 fully saturated rings. The van der Waals surface area contributed by atoms with E-state index in [2.05, 4.69) is 20.9 Å². The van der Waals surface area contributed by atoms with Crippen molar-refractivity contribution in [1.29, 1.82) is 0 Å². The Morgan fingerprint density at radius 3 is 2.48 bits per heavy atom. The molecule has 1 aromatic heterocycles. The number of benzene rings is 2. The van der Waals surface area contributed by atoms with Gasteiger partial charge in [-0.05, 0) is 42.0 Å². The van der Waals surface area contributed by atoms with Crippen LogP contribution in [0.25, 0.3) is 22.0 Å². The molecule has 1 nitrogen and oxygen atoms in total. The van der Waals surface area contributed by atoms with Gasteiger partial charge in [0.1, 0.15) is 0 Å². The van der Waals surface area contributed by atoms with Crippen molar-refractivity contribution in [3.05, 3.63) is 64.8 Å². The van der Waals surface area contributed by atoms with Crippen LogP contribution in [0.3, 0.4) is 0 Å². The van der Waals surface area contributed by atoms with Crippen LogP contribution in [0, 0.1) is 0 Å². The van der Waals surface area contributed by atoms with Crippen molar-refractivity contribution in [2.45, 2.75) is 6.18 Å². The fourth-order valence-corrected chi connectivity index (χ4v) is 2.51. The SMILES string of the molecule is FC(F)(F)c1cccc(-c2cnc3ccc(Br)cc3c2)c1. The smallest absolute Gasteiger partial charge is 0.256 e. The molecule has 106 valence electrons. The predicted octanol–water partition coefficient (Wildman–Crippen LogP) is 5.68. The van der Waals surface area contributed by atoms with Crippen LogP contribution in [0.2, 0.25) is 0 Å². The van der Waals surface area contributed by atoms with Crippen molar-refractivity contribution in [1.82, 2.24) is 4.98 Å². The molecule has 5 heteroatoms. The maximum atomic E-state index is 12.8. The van der Waals surface area contributed by atoms with E-state index in [1.54, 1.807) is 12.3 Å². The summed E-state index contributed by atoms with van der Waals surface area (Å²) in [4.78, 5) is 4.29. The Bertz CT molecular complexity index is 812. The fourth-order valence-electron chi connectivity index (χ4n) is 2.14. The van der Waals surface area contributed by atoms with E-state index in [-0.39, 0.29) is 0 Å². The number of halogens is 4. The molecule has 0 unspecified atom stereocenters. The standard InChI is InChI=1S/C16H9BrF3N/c17-14-4-5-15-11(8-14)6-12(9-21-15)10-2-1-3-13(7-10)16(18,19)20/h1-9H. The number of alkyl halides is 3. The van der Waals surface area contributed by atoms with Crippen LogP contribution in [-0.4, -0.2) is 4.98 Å². The lowest BCUT2D eigenvalue weighted by molar-refractivity contribution is -0.137. The van der Waals surface area contributed by atoms with Crippen molar-refractivity contribution in [3.63, 3.8) is 0 Å². The lowest BCUT2D eigenvalue weighted by atomic mass is 10.0. The van der Waals surface area contributed by atoms with Crippen LogP contribution >= 0.6 is 15.9 Å². The van der Waals surface area contributed by atoms with Gasteiger partial charge in [0.25, 0.3) is 0 Å². The van der Waals surface area contributed by atoms with Crippen LogP contribution in [-0.2, 0) is 6.18 Å². The maximum Gasteiger partial charge on any atom is 0.416 e. The largest absolute Gasteiger partial charge is 0.416 e. The molecular formula is C16H9BrF3N. The highest BCUT2D eigenvalue weighted by Crippen LogP contribution is 2.32. The molecule has 0 aliphatic rings. The van der Waals surface area contributed by atoms with E-state index in [1.807, 2.05) is 24.3 Å². The van der Waals surface area contributed by atoms with Gasteiger partial charge < -0.3 is 0 Å². The van der Waals surface area contributed by atoms with Crippen molar-refractivity contribution in [2.75, 3.05) is 0 Å². The summed E-state index contributed by atoms with van der Waals surface area (Å²) in [5.41, 5.74) is 1.30. The minimum absolute atomic E-state index is 0.499. The van der Waals surface area contributed by atoms with Gasteiger partial charge in [-0.25, -0.2) is 0 Å². The van der Waals surface area contributed by atoms with Gasteiger partial charge in [-0.1, -0.05) is 28.1 Å². The molecule has 0 spiro atoms. The zero-order valence-electron chi connectivity index (χ0n) is 10.7. The summed E-state index contributed by atoms with van der Waals surface area (Å²) in [6.45, 7) is 0. The quantitative estimate of drug-likeness (QED) is 0.549. The van der Waals surface area contributed by atoms with Gasteiger partial charge in [-0.2, -0.15) is 13.2 Å². The number of hydrogen-bond donors (Lipinski definition) is 0. The molecule has 0 aliphatic carbocycles. The zero-order chi connectivity index (χ0) is 15.0. The average molecular weight is 352 g/mol. The van der Waals surface area contributed by atoms with Gasteiger partial charge in [0.2, 0.25) is 0 Å². The average Bonchev–Trinajstić information content (AvgIpc) is 2.45. The van der Waals surface area contributed by atoms with Gasteiger partial charge >= 0.3 is 6.18 Å². The van der Waals surface area contributed by atoms with Crippen LogP contribution in [0.5, 0.6) is 0 Å². The van der Waals surface area contributed by atoms with Gasteiger partial charge in [-0.15, -0.1) is 0 Å². The molecule has 1 heterocycles. The second-order valence-electron chi connectivity index (χ2n) is 4.64. The van der Waals surface area contributed by atoms with Gasteiger partial charge in [0, 0.05) is 21.6 Å². The Hall–Kier alpha value is -1.88. The number of hydrogen-bond acceptors (Lipinski definition) is 1. The van der Waals surface area contributed by atoms with E-state index in [4.69, 9.17) is 0 Å². The fraction of sp³-hybridized carbons (Fsp3) is 0.0625.